The standard InChI is InChI=1S/C12H13NO4S2/c1-2-9-5-6-18-11(9)7-13-19(15,16)12-4-3-10(8-14)17-12/h3-6,8,13H,2,7H2,1H3. The van der Waals surface area contributed by atoms with Crippen molar-refractivity contribution in [2.75, 3.05) is 0 Å². The zero-order chi connectivity index (χ0) is 13.9. The number of thiophene rings is 1. The van der Waals surface area contributed by atoms with Crippen LogP contribution in [0.3, 0.4) is 0 Å². The number of furan rings is 1. The molecule has 102 valence electrons. The number of aldehydes is 1. The van der Waals surface area contributed by atoms with Crippen LogP contribution < -0.4 is 4.72 Å². The van der Waals surface area contributed by atoms with Crippen LogP contribution in [-0.2, 0) is 23.0 Å². The van der Waals surface area contributed by atoms with E-state index in [1.165, 1.54) is 23.5 Å². The lowest BCUT2D eigenvalue weighted by Gasteiger charge is -2.04. The summed E-state index contributed by atoms with van der Waals surface area (Å²) < 4.78 is 31.3. The Morgan fingerprint density at radius 3 is 2.79 bits per heavy atom. The van der Waals surface area contributed by atoms with Crippen LogP contribution in [0, 0.1) is 0 Å². The molecule has 0 radical (unpaired) electrons. The molecule has 0 amide bonds. The van der Waals surface area contributed by atoms with E-state index in [1.807, 2.05) is 18.4 Å². The van der Waals surface area contributed by atoms with Gasteiger partial charge in [0.05, 0.1) is 0 Å². The van der Waals surface area contributed by atoms with Crippen LogP contribution in [0.1, 0.15) is 27.9 Å². The topological polar surface area (TPSA) is 76.4 Å². The molecular formula is C12H13NO4S2. The highest BCUT2D eigenvalue weighted by Gasteiger charge is 2.19. The summed E-state index contributed by atoms with van der Waals surface area (Å²) in [6.07, 6.45) is 1.32. The van der Waals surface area contributed by atoms with Crippen molar-refractivity contribution in [3.05, 3.63) is 39.8 Å². The van der Waals surface area contributed by atoms with Crippen LogP contribution in [0.25, 0.3) is 0 Å². The normalized spacial score (nSPS) is 11.6. The van der Waals surface area contributed by atoms with Crippen molar-refractivity contribution >= 4 is 27.6 Å². The first-order valence-corrected chi connectivity index (χ1v) is 8.03. The zero-order valence-electron chi connectivity index (χ0n) is 10.3. The smallest absolute Gasteiger partial charge is 0.274 e. The Kier molecular flexibility index (Phi) is 4.18. The highest BCUT2D eigenvalue weighted by molar-refractivity contribution is 7.89. The summed E-state index contributed by atoms with van der Waals surface area (Å²) >= 11 is 1.51. The minimum atomic E-state index is -3.72. The molecule has 5 nitrogen and oxygen atoms in total. The SMILES string of the molecule is CCc1ccsc1CNS(=O)(=O)c1ccc(C=O)o1. The fraction of sp³-hybridized carbons (Fsp3) is 0.250. The maximum absolute atomic E-state index is 11.9. The van der Waals surface area contributed by atoms with E-state index in [2.05, 4.69) is 4.72 Å². The molecule has 0 aromatic carbocycles. The lowest BCUT2D eigenvalue weighted by atomic mass is 10.2. The summed E-state index contributed by atoms with van der Waals surface area (Å²) in [7, 11) is -3.72. The predicted octanol–water partition coefficient (Wildman–Crippen LogP) is 2.19. The van der Waals surface area contributed by atoms with Crippen LogP contribution in [-0.4, -0.2) is 14.7 Å². The molecule has 2 heterocycles. The molecule has 0 saturated carbocycles. The van der Waals surface area contributed by atoms with E-state index in [9.17, 15) is 13.2 Å². The van der Waals surface area contributed by atoms with Gasteiger partial charge < -0.3 is 4.42 Å². The van der Waals surface area contributed by atoms with Crippen molar-refractivity contribution in [3.8, 4) is 0 Å². The Morgan fingerprint density at radius 1 is 1.37 bits per heavy atom. The quantitative estimate of drug-likeness (QED) is 0.830. The first kappa shape index (κ1) is 14.0. The fourth-order valence-corrected chi connectivity index (χ4v) is 3.55. The van der Waals surface area contributed by atoms with E-state index < -0.39 is 10.0 Å². The van der Waals surface area contributed by atoms with Crippen LogP contribution in [0.2, 0.25) is 0 Å². The molecule has 2 rings (SSSR count). The minimum absolute atomic E-state index is 0.00857. The lowest BCUT2D eigenvalue weighted by Crippen LogP contribution is -2.22. The molecule has 0 aliphatic heterocycles. The summed E-state index contributed by atoms with van der Waals surface area (Å²) in [4.78, 5) is 11.4. The maximum Gasteiger partial charge on any atom is 0.274 e. The second kappa shape index (κ2) is 5.68. The molecule has 0 aliphatic rings. The van der Waals surface area contributed by atoms with Gasteiger partial charge in [-0.15, -0.1) is 11.3 Å². The summed E-state index contributed by atoms with van der Waals surface area (Å²) in [5.41, 5.74) is 1.13. The third-order valence-electron chi connectivity index (χ3n) is 2.62. The van der Waals surface area contributed by atoms with Crippen LogP contribution in [0.15, 0.2) is 33.1 Å². The van der Waals surface area contributed by atoms with Crippen LogP contribution >= 0.6 is 11.3 Å². The third-order valence-corrected chi connectivity index (χ3v) is 4.86. The molecule has 0 atom stereocenters. The van der Waals surface area contributed by atoms with Gasteiger partial charge in [-0.3, -0.25) is 4.79 Å². The molecule has 0 unspecified atom stereocenters. The van der Waals surface area contributed by atoms with Crippen molar-refractivity contribution in [3.63, 3.8) is 0 Å². The average molecular weight is 299 g/mol. The van der Waals surface area contributed by atoms with E-state index in [-0.39, 0.29) is 17.4 Å². The van der Waals surface area contributed by atoms with Gasteiger partial charge in [-0.1, -0.05) is 6.92 Å². The van der Waals surface area contributed by atoms with Gasteiger partial charge in [-0.25, -0.2) is 13.1 Å². The maximum atomic E-state index is 11.9. The molecule has 7 heteroatoms. The van der Waals surface area contributed by atoms with Gasteiger partial charge in [0.15, 0.2) is 12.0 Å². The number of hydrogen-bond acceptors (Lipinski definition) is 5. The van der Waals surface area contributed by atoms with Crippen molar-refractivity contribution < 1.29 is 17.6 Å². The van der Waals surface area contributed by atoms with Gasteiger partial charge in [-0.05, 0) is 35.6 Å². The molecule has 19 heavy (non-hydrogen) atoms. The number of rotatable bonds is 6. The summed E-state index contributed by atoms with van der Waals surface area (Å²) in [6.45, 7) is 2.24. The van der Waals surface area contributed by atoms with E-state index in [4.69, 9.17) is 4.42 Å². The Morgan fingerprint density at radius 2 is 2.16 bits per heavy atom. The van der Waals surface area contributed by atoms with Gasteiger partial charge in [0.2, 0.25) is 5.09 Å². The number of sulfonamides is 1. The number of hydrogen-bond donors (Lipinski definition) is 1. The molecule has 2 aromatic heterocycles. The molecular weight excluding hydrogens is 286 g/mol. The van der Waals surface area contributed by atoms with Crippen molar-refractivity contribution in [1.29, 1.82) is 0 Å². The number of nitrogens with one attached hydrogen (secondary N) is 1. The van der Waals surface area contributed by atoms with E-state index in [1.54, 1.807) is 0 Å². The first-order valence-electron chi connectivity index (χ1n) is 5.66. The number of aryl methyl sites for hydroxylation is 1. The van der Waals surface area contributed by atoms with E-state index in [0.717, 1.165) is 16.9 Å². The molecule has 0 spiro atoms. The molecule has 0 saturated heterocycles. The van der Waals surface area contributed by atoms with Crippen molar-refractivity contribution in [2.24, 2.45) is 0 Å². The second-order valence-corrected chi connectivity index (χ2v) is 6.52. The summed E-state index contributed by atoms with van der Waals surface area (Å²) in [5.74, 6) is -0.00857. The second-order valence-electron chi connectivity index (χ2n) is 3.82. The number of carbonyl (C=O) groups is 1. The fourth-order valence-electron chi connectivity index (χ4n) is 1.61. The Bertz CT molecular complexity index is 669. The van der Waals surface area contributed by atoms with Crippen LogP contribution in [0.5, 0.6) is 0 Å². The molecule has 0 bridgehead atoms. The predicted molar refractivity (Wildman–Crippen MR) is 71.8 cm³/mol. The highest BCUT2D eigenvalue weighted by Crippen LogP contribution is 2.18. The number of carbonyl (C=O) groups excluding carboxylic acids is 1. The minimum Gasteiger partial charge on any atom is -0.440 e. The van der Waals surface area contributed by atoms with E-state index in [0.29, 0.717) is 6.29 Å². The average Bonchev–Trinajstić information content (AvgIpc) is 3.05. The molecule has 2 aromatic rings. The van der Waals surface area contributed by atoms with E-state index >= 15 is 0 Å². The first-order chi connectivity index (χ1) is 9.06. The van der Waals surface area contributed by atoms with Gasteiger partial charge in [0.25, 0.3) is 10.0 Å². The summed E-state index contributed by atoms with van der Waals surface area (Å²) in [6, 6.07) is 4.57. The van der Waals surface area contributed by atoms with Crippen molar-refractivity contribution in [1.82, 2.24) is 4.72 Å². The van der Waals surface area contributed by atoms with Crippen LogP contribution in [0.4, 0.5) is 0 Å². The zero-order valence-corrected chi connectivity index (χ0v) is 11.9. The Hall–Kier alpha value is -1.44. The van der Waals surface area contributed by atoms with Gasteiger partial charge in [0.1, 0.15) is 0 Å². The molecule has 1 N–H and O–H groups in total. The molecule has 0 aliphatic carbocycles. The van der Waals surface area contributed by atoms with Gasteiger partial charge >= 0.3 is 0 Å². The molecule has 0 fully saturated rings. The highest BCUT2D eigenvalue weighted by atomic mass is 32.2. The largest absolute Gasteiger partial charge is 0.440 e. The van der Waals surface area contributed by atoms with Gasteiger partial charge in [-0.2, -0.15) is 0 Å². The third kappa shape index (κ3) is 3.12. The Balaban J connectivity index is 2.11. The lowest BCUT2D eigenvalue weighted by molar-refractivity contribution is 0.109. The monoisotopic (exact) mass is 299 g/mol. The van der Waals surface area contributed by atoms with Crippen molar-refractivity contribution in [2.45, 2.75) is 25.0 Å². The summed E-state index contributed by atoms with van der Waals surface area (Å²) in [5, 5.41) is 1.68. The van der Waals surface area contributed by atoms with Gasteiger partial charge in [0, 0.05) is 11.4 Å². The Labute approximate surface area is 115 Å².